The lowest BCUT2D eigenvalue weighted by Gasteiger charge is -2.17. The fourth-order valence-corrected chi connectivity index (χ4v) is 1.91. The molecule has 1 aliphatic rings. The lowest BCUT2D eigenvalue weighted by atomic mass is 10.4. The number of nitrogens with zero attached hydrogens (tertiary/aromatic N) is 5. The molecule has 1 saturated heterocycles. The fourth-order valence-electron chi connectivity index (χ4n) is 1.91. The molecule has 0 spiro atoms. The van der Waals surface area contributed by atoms with Gasteiger partial charge in [-0.3, -0.25) is 0 Å². The van der Waals surface area contributed by atoms with Gasteiger partial charge in [0.1, 0.15) is 12.1 Å². The van der Waals surface area contributed by atoms with Crippen LogP contribution in [0, 0.1) is 0 Å². The van der Waals surface area contributed by atoms with Crippen LogP contribution in [0.25, 0.3) is 5.78 Å². The molecule has 1 fully saturated rings. The minimum Gasteiger partial charge on any atom is -0.356 e. The average Bonchev–Trinajstić information content (AvgIpc) is 2.88. The zero-order valence-electron chi connectivity index (χ0n) is 7.80. The molecule has 5 nitrogen and oxygen atoms in total. The summed E-state index contributed by atoms with van der Waals surface area (Å²) in [7, 11) is 0. The number of hydrogen-bond donors (Lipinski definition) is 0. The van der Waals surface area contributed by atoms with Crippen molar-refractivity contribution in [3.63, 3.8) is 0 Å². The molecule has 3 heterocycles. The Hall–Kier alpha value is -1.65. The first kappa shape index (κ1) is 7.73. The Balaban J connectivity index is 2.14. The molecule has 2 aromatic rings. The normalized spacial score (nSPS) is 16.7. The van der Waals surface area contributed by atoms with E-state index in [0.29, 0.717) is 5.78 Å². The van der Waals surface area contributed by atoms with E-state index in [2.05, 4.69) is 20.0 Å². The second-order valence-electron chi connectivity index (χ2n) is 3.47. The third-order valence-corrected chi connectivity index (χ3v) is 2.59. The van der Waals surface area contributed by atoms with Gasteiger partial charge in [0.05, 0.1) is 0 Å². The summed E-state index contributed by atoms with van der Waals surface area (Å²) in [4.78, 5) is 10.5. The first-order valence-electron chi connectivity index (χ1n) is 4.85. The third-order valence-electron chi connectivity index (χ3n) is 2.59. The van der Waals surface area contributed by atoms with Crippen LogP contribution < -0.4 is 4.90 Å². The quantitative estimate of drug-likeness (QED) is 0.663. The Morgan fingerprint density at radius 2 is 2.00 bits per heavy atom. The maximum atomic E-state index is 4.16. The summed E-state index contributed by atoms with van der Waals surface area (Å²) in [6.07, 6.45) is 5.86. The van der Waals surface area contributed by atoms with Gasteiger partial charge in [-0.05, 0) is 18.9 Å². The Morgan fingerprint density at radius 1 is 1.14 bits per heavy atom. The zero-order valence-corrected chi connectivity index (χ0v) is 7.80. The minimum atomic E-state index is 0.675. The summed E-state index contributed by atoms with van der Waals surface area (Å²) in [6.45, 7) is 2.22. The van der Waals surface area contributed by atoms with Gasteiger partial charge in [-0.15, -0.1) is 0 Å². The second kappa shape index (κ2) is 2.94. The molecule has 0 N–H and O–H groups in total. The van der Waals surface area contributed by atoms with Crippen LogP contribution >= 0.6 is 0 Å². The van der Waals surface area contributed by atoms with Gasteiger partial charge >= 0.3 is 0 Å². The van der Waals surface area contributed by atoms with Gasteiger partial charge in [0, 0.05) is 19.3 Å². The van der Waals surface area contributed by atoms with E-state index in [0.717, 1.165) is 18.9 Å². The van der Waals surface area contributed by atoms with Crippen molar-refractivity contribution in [3.8, 4) is 0 Å². The average molecular weight is 189 g/mol. The van der Waals surface area contributed by atoms with Gasteiger partial charge in [-0.1, -0.05) is 0 Å². The molecule has 0 bridgehead atoms. The highest BCUT2D eigenvalue weighted by atomic mass is 15.4. The summed E-state index contributed by atoms with van der Waals surface area (Å²) in [6, 6.07) is 1.99. The zero-order chi connectivity index (χ0) is 9.38. The maximum absolute atomic E-state index is 4.16. The number of hydrogen-bond acceptors (Lipinski definition) is 4. The fraction of sp³-hybridized carbons (Fsp3) is 0.444. The van der Waals surface area contributed by atoms with Crippen LogP contribution in [-0.4, -0.2) is 32.7 Å². The minimum absolute atomic E-state index is 0.675. The molecule has 0 amide bonds. The smallest absolute Gasteiger partial charge is 0.254 e. The monoisotopic (exact) mass is 189 g/mol. The van der Waals surface area contributed by atoms with Crippen LogP contribution in [0.2, 0.25) is 0 Å². The molecular weight excluding hydrogens is 178 g/mol. The van der Waals surface area contributed by atoms with Crippen molar-refractivity contribution in [1.82, 2.24) is 19.6 Å². The summed E-state index contributed by atoms with van der Waals surface area (Å²) < 4.78 is 1.80. The summed E-state index contributed by atoms with van der Waals surface area (Å²) in [5.74, 6) is 1.78. The van der Waals surface area contributed by atoms with E-state index in [1.54, 1.807) is 17.0 Å². The molecule has 0 saturated carbocycles. The topological polar surface area (TPSA) is 46.3 Å². The largest absolute Gasteiger partial charge is 0.356 e. The molecule has 0 aromatic carbocycles. The number of fused-ring (bicyclic) bond motifs is 1. The van der Waals surface area contributed by atoms with Gasteiger partial charge < -0.3 is 4.90 Å². The maximum Gasteiger partial charge on any atom is 0.254 e. The van der Waals surface area contributed by atoms with Crippen molar-refractivity contribution < 1.29 is 0 Å². The Labute approximate surface area is 81.4 Å². The molecule has 0 atom stereocenters. The molecule has 0 radical (unpaired) electrons. The van der Waals surface area contributed by atoms with Crippen molar-refractivity contribution in [1.29, 1.82) is 0 Å². The van der Waals surface area contributed by atoms with Crippen LogP contribution in [-0.2, 0) is 0 Å². The SMILES string of the molecule is c1cc(N2CCCC2)n2ncnc2n1. The molecule has 72 valence electrons. The number of aromatic nitrogens is 4. The highest BCUT2D eigenvalue weighted by molar-refractivity contribution is 5.45. The molecule has 14 heavy (non-hydrogen) atoms. The molecule has 0 aliphatic carbocycles. The van der Waals surface area contributed by atoms with Crippen molar-refractivity contribution in [2.24, 2.45) is 0 Å². The van der Waals surface area contributed by atoms with Crippen LogP contribution in [0.4, 0.5) is 5.82 Å². The Morgan fingerprint density at radius 3 is 2.86 bits per heavy atom. The van der Waals surface area contributed by atoms with Gasteiger partial charge in [0.15, 0.2) is 0 Å². The molecule has 2 aromatic heterocycles. The highest BCUT2D eigenvalue weighted by Gasteiger charge is 2.15. The van der Waals surface area contributed by atoms with Crippen LogP contribution in [0.15, 0.2) is 18.6 Å². The van der Waals surface area contributed by atoms with Gasteiger partial charge in [-0.25, -0.2) is 4.98 Å². The van der Waals surface area contributed by atoms with Crippen molar-refractivity contribution in [3.05, 3.63) is 18.6 Å². The molecule has 3 rings (SSSR count). The molecule has 1 aliphatic heterocycles. The Kier molecular flexibility index (Phi) is 1.62. The van der Waals surface area contributed by atoms with E-state index in [-0.39, 0.29) is 0 Å². The predicted molar refractivity (Wildman–Crippen MR) is 52.2 cm³/mol. The van der Waals surface area contributed by atoms with E-state index in [1.807, 2.05) is 6.07 Å². The standard InChI is InChI=1S/C9H11N5/c1-2-6-13(5-1)8-3-4-10-9-11-7-12-14(8)9/h3-4,7H,1-2,5-6H2. The van der Waals surface area contributed by atoms with E-state index in [4.69, 9.17) is 0 Å². The van der Waals surface area contributed by atoms with E-state index >= 15 is 0 Å². The summed E-state index contributed by atoms with van der Waals surface area (Å²) in [5.41, 5.74) is 0. The van der Waals surface area contributed by atoms with Gasteiger partial charge in [0.25, 0.3) is 5.78 Å². The van der Waals surface area contributed by atoms with Crippen molar-refractivity contribution >= 4 is 11.6 Å². The van der Waals surface area contributed by atoms with Crippen molar-refractivity contribution in [2.45, 2.75) is 12.8 Å². The molecular formula is C9H11N5. The first-order valence-corrected chi connectivity index (χ1v) is 4.85. The molecule has 0 unspecified atom stereocenters. The highest BCUT2D eigenvalue weighted by Crippen LogP contribution is 2.18. The lowest BCUT2D eigenvalue weighted by molar-refractivity contribution is 0.850. The summed E-state index contributed by atoms with van der Waals surface area (Å²) >= 11 is 0. The van der Waals surface area contributed by atoms with Gasteiger partial charge in [0.2, 0.25) is 0 Å². The van der Waals surface area contributed by atoms with Crippen LogP contribution in [0.5, 0.6) is 0 Å². The van der Waals surface area contributed by atoms with E-state index in [1.165, 1.54) is 12.8 Å². The predicted octanol–water partition coefficient (Wildman–Crippen LogP) is 0.724. The third kappa shape index (κ3) is 1.05. The second-order valence-corrected chi connectivity index (χ2v) is 3.47. The van der Waals surface area contributed by atoms with Crippen molar-refractivity contribution in [2.75, 3.05) is 18.0 Å². The van der Waals surface area contributed by atoms with Gasteiger partial charge in [-0.2, -0.15) is 14.6 Å². The van der Waals surface area contributed by atoms with Crippen LogP contribution in [0.3, 0.4) is 0 Å². The number of anilines is 1. The van der Waals surface area contributed by atoms with E-state index in [9.17, 15) is 0 Å². The first-order chi connectivity index (χ1) is 6.95. The van der Waals surface area contributed by atoms with Crippen LogP contribution in [0.1, 0.15) is 12.8 Å². The molecule has 5 heteroatoms. The number of rotatable bonds is 1. The van der Waals surface area contributed by atoms with E-state index < -0.39 is 0 Å². The Bertz CT molecular complexity index is 443. The summed E-state index contributed by atoms with van der Waals surface area (Å²) in [5, 5.41) is 4.16. The lowest BCUT2D eigenvalue weighted by Crippen LogP contribution is -2.21.